The molecular weight excluding hydrogens is 246 g/mol. The highest BCUT2D eigenvalue weighted by atomic mass is 35.5. The topological polar surface area (TPSA) is 20.3 Å². The van der Waals surface area contributed by atoms with Crippen LogP contribution in [0.25, 0.3) is 0 Å². The Morgan fingerprint density at radius 2 is 2.06 bits per heavy atom. The highest BCUT2D eigenvalue weighted by Gasteiger charge is 2.24. The van der Waals surface area contributed by atoms with Crippen molar-refractivity contribution in [2.45, 2.75) is 33.1 Å². The molecule has 1 aliphatic heterocycles. The Kier molecular flexibility index (Phi) is 3.96. The van der Waals surface area contributed by atoms with E-state index in [-0.39, 0.29) is 0 Å². The second-order valence-corrected chi connectivity index (χ2v) is 6.26. The minimum Gasteiger partial charge on any atom is -0.371 e. The van der Waals surface area contributed by atoms with Gasteiger partial charge in [-0.3, -0.25) is 4.79 Å². The van der Waals surface area contributed by atoms with Gasteiger partial charge in [-0.15, -0.1) is 0 Å². The minimum absolute atomic E-state index is 0.397. The van der Waals surface area contributed by atoms with E-state index in [0.29, 0.717) is 10.4 Å². The van der Waals surface area contributed by atoms with Crippen LogP contribution in [0, 0.1) is 5.41 Å². The summed E-state index contributed by atoms with van der Waals surface area (Å²) in [5.74, 6) is 0. The molecule has 1 aliphatic rings. The predicted octanol–water partition coefficient (Wildman–Crippen LogP) is 4.17. The summed E-state index contributed by atoms with van der Waals surface area (Å²) in [6.07, 6.45) is 4.47. The molecule has 1 heterocycles. The van der Waals surface area contributed by atoms with E-state index in [2.05, 4.69) is 18.7 Å². The Bertz CT molecular complexity index is 442. The first-order valence-corrected chi connectivity index (χ1v) is 6.89. The van der Waals surface area contributed by atoms with E-state index >= 15 is 0 Å². The normalized spacial score (nSPS) is 19.4. The number of hydrogen-bond donors (Lipinski definition) is 0. The number of aldehydes is 1. The number of carbonyl (C=O) groups is 1. The van der Waals surface area contributed by atoms with Gasteiger partial charge in [-0.2, -0.15) is 0 Å². The summed E-state index contributed by atoms with van der Waals surface area (Å²) in [6, 6.07) is 5.49. The smallest absolute Gasteiger partial charge is 0.152 e. The van der Waals surface area contributed by atoms with Crippen molar-refractivity contribution in [1.82, 2.24) is 0 Å². The first-order chi connectivity index (χ1) is 8.52. The first-order valence-electron chi connectivity index (χ1n) is 6.51. The van der Waals surface area contributed by atoms with Crippen molar-refractivity contribution in [3.63, 3.8) is 0 Å². The fraction of sp³-hybridized carbons (Fsp3) is 0.533. The van der Waals surface area contributed by atoms with E-state index in [1.165, 1.54) is 6.42 Å². The number of halogens is 1. The summed E-state index contributed by atoms with van der Waals surface area (Å²) in [5.41, 5.74) is 2.11. The molecule has 1 aromatic carbocycles. The highest BCUT2D eigenvalue weighted by Crippen LogP contribution is 2.33. The van der Waals surface area contributed by atoms with Crippen LogP contribution in [0.3, 0.4) is 0 Å². The summed E-state index contributed by atoms with van der Waals surface area (Å²) in [4.78, 5) is 13.4. The maximum absolute atomic E-state index is 11.1. The molecule has 0 N–H and O–H groups in total. The Hall–Kier alpha value is -1.02. The molecule has 0 bridgehead atoms. The SMILES string of the molecule is CC1(C)CCCN(c2cc(Cl)ccc2C=O)CC1. The van der Waals surface area contributed by atoms with Crippen LogP contribution in [0.15, 0.2) is 18.2 Å². The van der Waals surface area contributed by atoms with E-state index in [1.807, 2.05) is 6.07 Å². The van der Waals surface area contributed by atoms with Gasteiger partial charge in [0.25, 0.3) is 0 Å². The van der Waals surface area contributed by atoms with Gasteiger partial charge in [0, 0.05) is 29.4 Å². The van der Waals surface area contributed by atoms with Crippen molar-refractivity contribution in [3.05, 3.63) is 28.8 Å². The van der Waals surface area contributed by atoms with Gasteiger partial charge in [0.15, 0.2) is 6.29 Å². The summed E-state index contributed by atoms with van der Waals surface area (Å²) in [6.45, 7) is 6.63. The van der Waals surface area contributed by atoms with Crippen LogP contribution in [-0.4, -0.2) is 19.4 Å². The number of rotatable bonds is 2. The Morgan fingerprint density at radius 1 is 1.28 bits per heavy atom. The van der Waals surface area contributed by atoms with E-state index in [4.69, 9.17) is 11.6 Å². The van der Waals surface area contributed by atoms with Crippen LogP contribution in [0.4, 0.5) is 5.69 Å². The van der Waals surface area contributed by atoms with Crippen LogP contribution in [0.2, 0.25) is 5.02 Å². The molecule has 0 spiro atoms. The van der Waals surface area contributed by atoms with E-state index in [0.717, 1.165) is 43.5 Å². The molecule has 0 aromatic heterocycles. The van der Waals surface area contributed by atoms with Crippen molar-refractivity contribution in [2.75, 3.05) is 18.0 Å². The van der Waals surface area contributed by atoms with Gasteiger partial charge >= 0.3 is 0 Å². The van der Waals surface area contributed by atoms with Crippen LogP contribution < -0.4 is 4.90 Å². The fourth-order valence-electron chi connectivity index (χ4n) is 2.55. The lowest BCUT2D eigenvalue weighted by Gasteiger charge is -2.26. The van der Waals surface area contributed by atoms with Gasteiger partial charge in [0.1, 0.15) is 0 Å². The van der Waals surface area contributed by atoms with Crippen molar-refractivity contribution in [3.8, 4) is 0 Å². The van der Waals surface area contributed by atoms with E-state index in [1.54, 1.807) is 12.1 Å². The van der Waals surface area contributed by atoms with Crippen molar-refractivity contribution in [2.24, 2.45) is 5.41 Å². The predicted molar refractivity (Wildman–Crippen MR) is 76.7 cm³/mol. The average Bonchev–Trinajstić information content (AvgIpc) is 2.50. The zero-order valence-electron chi connectivity index (χ0n) is 11.1. The van der Waals surface area contributed by atoms with Crippen molar-refractivity contribution in [1.29, 1.82) is 0 Å². The standard InChI is InChI=1S/C15H20ClNO/c1-15(2)6-3-8-17(9-7-15)14-10-13(16)5-4-12(14)11-18/h4-5,10-11H,3,6-9H2,1-2H3. The van der Waals surface area contributed by atoms with E-state index in [9.17, 15) is 4.79 Å². The van der Waals surface area contributed by atoms with Crippen LogP contribution >= 0.6 is 11.6 Å². The molecule has 0 radical (unpaired) electrons. The summed E-state index contributed by atoms with van der Waals surface area (Å²) < 4.78 is 0. The third kappa shape index (κ3) is 3.05. The maximum atomic E-state index is 11.1. The zero-order chi connectivity index (χ0) is 13.2. The van der Waals surface area contributed by atoms with Crippen LogP contribution in [0.5, 0.6) is 0 Å². The lowest BCUT2D eigenvalue weighted by atomic mass is 9.85. The van der Waals surface area contributed by atoms with Crippen molar-refractivity contribution < 1.29 is 4.79 Å². The molecule has 3 heteroatoms. The molecule has 1 saturated heterocycles. The molecule has 0 unspecified atom stereocenters. The van der Waals surface area contributed by atoms with Gasteiger partial charge in [0.05, 0.1) is 0 Å². The second-order valence-electron chi connectivity index (χ2n) is 5.83. The number of anilines is 1. The molecule has 0 aliphatic carbocycles. The molecular formula is C15H20ClNO. The second kappa shape index (κ2) is 5.31. The molecule has 2 nitrogen and oxygen atoms in total. The average molecular weight is 266 g/mol. The third-order valence-electron chi connectivity index (χ3n) is 3.80. The molecule has 1 aromatic rings. The minimum atomic E-state index is 0.397. The monoisotopic (exact) mass is 265 g/mol. The molecule has 2 rings (SSSR count). The van der Waals surface area contributed by atoms with Crippen LogP contribution in [-0.2, 0) is 0 Å². The molecule has 0 saturated carbocycles. The van der Waals surface area contributed by atoms with Crippen LogP contribution in [0.1, 0.15) is 43.5 Å². The number of carbonyl (C=O) groups excluding carboxylic acids is 1. The van der Waals surface area contributed by atoms with E-state index < -0.39 is 0 Å². The largest absolute Gasteiger partial charge is 0.371 e. The van der Waals surface area contributed by atoms with Crippen molar-refractivity contribution >= 4 is 23.6 Å². The lowest BCUT2D eigenvalue weighted by Crippen LogP contribution is -2.26. The quantitative estimate of drug-likeness (QED) is 0.748. The van der Waals surface area contributed by atoms with Gasteiger partial charge in [-0.25, -0.2) is 0 Å². The molecule has 18 heavy (non-hydrogen) atoms. The van der Waals surface area contributed by atoms with Gasteiger partial charge < -0.3 is 4.90 Å². The molecule has 0 amide bonds. The maximum Gasteiger partial charge on any atom is 0.152 e. The number of nitrogens with zero attached hydrogens (tertiary/aromatic N) is 1. The molecule has 0 atom stereocenters. The fourth-order valence-corrected chi connectivity index (χ4v) is 2.72. The third-order valence-corrected chi connectivity index (χ3v) is 4.04. The number of hydrogen-bond acceptors (Lipinski definition) is 2. The molecule has 1 fully saturated rings. The van der Waals surface area contributed by atoms with Gasteiger partial charge in [-0.05, 0) is 42.9 Å². The lowest BCUT2D eigenvalue weighted by molar-refractivity contribution is 0.112. The zero-order valence-corrected chi connectivity index (χ0v) is 11.8. The number of benzene rings is 1. The Balaban J connectivity index is 2.25. The summed E-state index contributed by atoms with van der Waals surface area (Å²) >= 11 is 6.05. The summed E-state index contributed by atoms with van der Waals surface area (Å²) in [7, 11) is 0. The Labute approximate surface area is 114 Å². The van der Waals surface area contributed by atoms with Gasteiger partial charge in [0.2, 0.25) is 0 Å². The highest BCUT2D eigenvalue weighted by molar-refractivity contribution is 6.31. The van der Waals surface area contributed by atoms with Gasteiger partial charge in [-0.1, -0.05) is 25.4 Å². The first kappa shape index (κ1) is 13.4. The molecule has 98 valence electrons. The summed E-state index contributed by atoms with van der Waals surface area (Å²) in [5, 5.41) is 0.694. The Morgan fingerprint density at radius 3 is 2.78 bits per heavy atom.